The summed E-state index contributed by atoms with van der Waals surface area (Å²) in [4.78, 5) is 12.0. The lowest BCUT2D eigenvalue weighted by molar-refractivity contribution is -0.132. The van der Waals surface area contributed by atoms with Crippen molar-refractivity contribution in [1.29, 1.82) is 0 Å². The molecule has 2 fully saturated rings. The summed E-state index contributed by atoms with van der Waals surface area (Å²) in [6.07, 6.45) is 1.13. The molecule has 0 spiro atoms. The zero-order valence-corrected chi connectivity index (χ0v) is 8.69. The number of ketones is 1. The third-order valence-corrected chi connectivity index (χ3v) is 4.81. The Morgan fingerprint density at radius 3 is 1.83 bits per heavy atom. The summed E-state index contributed by atoms with van der Waals surface area (Å²) < 4.78 is 0. The van der Waals surface area contributed by atoms with Crippen LogP contribution in [0.15, 0.2) is 0 Å². The lowest BCUT2D eigenvalue weighted by Crippen LogP contribution is -2.36. The van der Waals surface area contributed by atoms with Crippen LogP contribution in [0.5, 0.6) is 0 Å². The first-order valence-electron chi connectivity index (χ1n) is 4.79. The molecular weight excluding hydrogens is 148 g/mol. The standard InChI is InChI=1S/C11H18O/c1-9(2)7-6-11(7,5)8(12)10(9,3)4/h7H,6H2,1-5H3. The molecule has 0 aromatic rings. The van der Waals surface area contributed by atoms with Crippen LogP contribution >= 0.6 is 0 Å². The molecule has 0 aliphatic heterocycles. The minimum Gasteiger partial charge on any atom is -0.298 e. The lowest BCUT2D eigenvalue weighted by Gasteiger charge is -2.36. The van der Waals surface area contributed by atoms with Crippen molar-refractivity contribution in [3.8, 4) is 0 Å². The second-order valence-electron chi connectivity index (χ2n) is 5.85. The molecule has 0 aromatic heterocycles. The van der Waals surface area contributed by atoms with Gasteiger partial charge in [0.1, 0.15) is 5.78 Å². The quantitative estimate of drug-likeness (QED) is 0.540. The van der Waals surface area contributed by atoms with E-state index in [0.717, 1.165) is 6.42 Å². The fraction of sp³-hybridized carbons (Fsp3) is 0.909. The summed E-state index contributed by atoms with van der Waals surface area (Å²) >= 11 is 0. The molecule has 0 radical (unpaired) electrons. The van der Waals surface area contributed by atoms with E-state index in [1.54, 1.807) is 0 Å². The summed E-state index contributed by atoms with van der Waals surface area (Å²) in [6, 6.07) is 0. The van der Waals surface area contributed by atoms with Crippen LogP contribution in [0.1, 0.15) is 41.0 Å². The largest absolute Gasteiger partial charge is 0.298 e. The third-order valence-electron chi connectivity index (χ3n) is 4.81. The molecule has 0 saturated heterocycles. The predicted molar refractivity (Wildman–Crippen MR) is 48.8 cm³/mol. The number of fused-ring (bicyclic) bond motifs is 1. The summed E-state index contributed by atoms with van der Waals surface area (Å²) in [5.41, 5.74) is 0.149. The fourth-order valence-corrected chi connectivity index (χ4v) is 3.11. The first kappa shape index (κ1) is 8.28. The highest BCUT2D eigenvalue weighted by Crippen LogP contribution is 2.74. The minimum atomic E-state index is -0.106. The Labute approximate surface area is 74.5 Å². The van der Waals surface area contributed by atoms with Crippen LogP contribution in [0, 0.1) is 22.2 Å². The maximum absolute atomic E-state index is 12.0. The van der Waals surface area contributed by atoms with Crippen LogP contribution in [0.4, 0.5) is 0 Å². The number of rotatable bonds is 0. The normalized spacial score (nSPS) is 47.4. The molecule has 0 aromatic carbocycles. The summed E-state index contributed by atoms with van der Waals surface area (Å²) in [6.45, 7) is 10.8. The second-order valence-corrected chi connectivity index (χ2v) is 5.85. The van der Waals surface area contributed by atoms with Gasteiger partial charge >= 0.3 is 0 Å². The van der Waals surface area contributed by atoms with E-state index in [9.17, 15) is 4.79 Å². The topological polar surface area (TPSA) is 17.1 Å². The molecule has 0 heterocycles. The van der Waals surface area contributed by atoms with Gasteiger partial charge in [0.15, 0.2) is 0 Å². The van der Waals surface area contributed by atoms with Gasteiger partial charge in [-0.1, -0.05) is 34.6 Å². The fourth-order valence-electron chi connectivity index (χ4n) is 3.11. The summed E-state index contributed by atoms with van der Waals surface area (Å²) in [5.74, 6) is 1.14. The van der Waals surface area contributed by atoms with Crippen molar-refractivity contribution in [2.45, 2.75) is 41.0 Å². The summed E-state index contributed by atoms with van der Waals surface area (Å²) in [5, 5.41) is 0. The molecule has 2 aliphatic carbocycles. The van der Waals surface area contributed by atoms with Crippen LogP contribution in [0.25, 0.3) is 0 Å². The van der Waals surface area contributed by atoms with E-state index in [1.807, 2.05) is 0 Å². The van der Waals surface area contributed by atoms with E-state index in [0.29, 0.717) is 11.7 Å². The van der Waals surface area contributed by atoms with Crippen LogP contribution in [0.3, 0.4) is 0 Å². The first-order valence-corrected chi connectivity index (χ1v) is 4.79. The smallest absolute Gasteiger partial charge is 0.145 e. The molecular formula is C11H18O. The zero-order chi connectivity index (χ0) is 9.36. The number of Topliss-reactive ketones (excluding diaryl/α,β-unsaturated/α-hetero) is 1. The number of hydrogen-bond donors (Lipinski definition) is 0. The van der Waals surface area contributed by atoms with Crippen LogP contribution in [-0.4, -0.2) is 5.78 Å². The molecule has 2 saturated carbocycles. The molecule has 1 nitrogen and oxygen atoms in total. The van der Waals surface area contributed by atoms with Crippen molar-refractivity contribution in [3.05, 3.63) is 0 Å². The number of carbonyl (C=O) groups is 1. The highest BCUT2D eigenvalue weighted by atomic mass is 16.1. The Bertz CT molecular complexity index is 262. The Morgan fingerprint density at radius 1 is 1.17 bits per heavy atom. The molecule has 0 bridgehead atoms. The van der Waals surface area contributed by atoms with Gasteiger partial charge in [-0.2, -0.15) is 0 Å². The zero-order valence-electron chi connectivity index (χ0n) is 8.69. The monoisotopic (exact) mass is 166 g/mol. The van der Waals surface area contributed by atoms with E-state index in [1.165, 1.54) is 0 Å². The van der Waals surface area contributed by atoms with Gasteiger partial charge in [-0.25, -0.2) is 0 Å². The number of carbonyl (C=O) groups excluding carboxylic acids is 1. The van der Waals surface area contributed by atoms with Crippen molar-refractivity contribution in [2.24, 2.45) is 22.2 Å². The Kier molecular flexibility index (Phi) is 1.13. The average Bonchev–Trinajstić information content (AvgIpc) is 2.58. The Morgan fingerprint density at radius 2 is 1.67 bits per heavy atom. The highest BCUT2D eigenvalue weighted by molar-refractivity contribution is 5.96. The molecule has 2 rings (SSSR count). The van der Waals surface area contributed by atoms with Crippen LogP contribution in [0.2, 0.25) is 0 Å². The van der Waals surface area contributed by atoms with Crippen molar-refractivity contribution in [1.82, 2.24) is 0 Å². The van der Waals surface area contributed by atoms with Gasteiger partial charge in [0.2, 0.25) is 0 Å². The van der Waals surface area contributed by atoms with Crippen molar-refractivity contribution in [2.75, 3.05) is 0 Å². The van der Waals surface area contributed by atoms with Gasteiger partial charge in [0, 0.05) is 10.8 Å². The lowest BCUT2D eigenvalue weighted by atomic mass is 9.67. The second kappa shape index (κ2) is 1.64. The van der Waals surface area contributed by atoms with Gasteiger partial charge in [-0.3, -0.25) is 4.79 Å². The molecule has 2 atom stereocenters. The highest BCUT2D eigenvalue weighted by Gasteiger charge is 2.74. The average molecular weight is 166 g/mol. The molecule has 0 amide bonds. The van der Waals surface area contributed by atoms with Crippen molar-refractivity contribution >= 4 is 5.78 Å². The molecule has 2 aliphatic rings. The SMILES string of the molecule is CC12CC1C(C)(C)C(C)(C)C2=O. The summed E-state index contributed by atoms with van der Waals surface area (Å²) in [7, 11) is 0. The third kappa shape index (κ3) is 0.571. The Hall–Kier alpha value is -0.330. The maximum atomic E-state index is 12.0. The van der Waals surface area contributed by atoms with Crippen LogP contribution in [-0.2, 0) is 4.79 Å². The number of hydrogen-bond acceptors (Lipinski definition) is 1. The molecule has 12 heavy (non-hydrogen) atoms. The van der Waals surface area contributed by atoms with Crippen molar-refractivity contribution < 1.29 is 4.79 Å². The van der Waals surface area contributed by atoms with E-state index in [4.69, 9.17) is 0 Å². The van der Waals surface area contributed by atoms with Crippen molar-refractivity contribution in [3.63, 3.8) is 0 Å². The first-order chi connectivity index (χ1) is 5.24. The van der Waals surface area contributed by atoms with Gasteiger partial charge in [-0.15, -0.1) is 0 Å². The van der Waals surface area contributed by atoms with E-state index in [2.05, 4.69) is 34.6 Å². The van der Waals surface area contributed by atoms with E-state index in [-0.39, 0.29) is 16.2 Å². The van der Waals surface area contributed by atoms with E-state index >= 15 is 0 Å². The molecule has 2 unspecified atom stereocenters. The van der Waals surface area contributed by atoms with Gasteiger partial charge < -0.3 is 0 Å². The molecule has 68 valence electrons. The van der Waals surface area contributed by atoms with Gasteiger partial charge in [0.25, 0.3) is 0 Å². The maximum Gasteiger partial charge on any atom is 0.145 e. The predicted octanol–water partition coefficient (Wildman–Crippen LogP) is 2.65. The molecule has 1 heteroatoms. The van der Waals surface area contributed by atoms with E-state index < -0.39 is 0 Å². The van der Waals surface area contributed by atoms with Gasteiger partial charge in [-0.05, 0) is 17.8 Å². The van der Waals surface area contributed by atoms with Crippen LogP contribution < -0.4 is 0 Å². The molecule has 0 N–H and O–H groups in total. The minimum absolute atomic E-state index is 0.0486. The Balaban J connectivity index is 2.49. The van der Waals surface area contributed by atoms with Gasteiger partial charge in [0.05, 0.1) is 0 Å².